The van der Waals surface area contributed by atoms with Crippen LogP contribution in [0, 0.1) is 0 Å². The van der Waals surface area contributed by atoms with E-state index in [1.165, 1.54) is 23.1 Å². The lowest BCUT2D eigenvalue weighted by atomic mass is 10.3. The molecule has 0 bridgehead atoms. The van der Waals surface area contributed by atoms with Gasteiger partial charge in [0.1, 0.15) is 0 Å². The molecular weight excluding hydrogens is 300 g/mol. The first kappa shape index (κ1) is 15.3. The van der Waals surface area contributed by atoms with Crippen molar-refractivity contribution in [3.63, 3.8) is 0 Å². The number of ether oxygens (including phenoxy) is 1. The number of carboxylic acid groups (broad SMARTS) is 1. The summed E-state index contributed by atoms with van der Waals surface area (Å²) in [6, 6.07) is 0. The van der Waals surface area contributed by atoms with Gasteiger partial charge in [-0.1, -0.05) is 11.8 Å². The zero-order valence-electron chi connectivity index (χ0n) is 11.1. The van der Waals surface area contributed by atoms with Crippen molar-refractivity contribution >= 4 is 35.0 Å². The predicted molar refractivity (Wildman–Crippen MR) is 76.2 cm³/mol. The molecule has 1 aliphatic rings. The maximum Gasteiger partial charge on any atom is 0.309 e. The molecule has 0 aliphatic carbocycles. The summed E-state index contributed by atoms with van der Waals surface area (Å²) in [6.45, 7) is 4.28. The molecule has 1 aromatic rings. The van der Waals surface area contributed by atoms with E-state index in [0.29, 0.717) is 32.0 Å². The quantitative estimate of drug-likeness (QED) is 0.820. The number of carboxylic acids is 1. The minimum absolute atomic E-state index is 0.0771. The smallest absolute Gasteiger partial charge is 0.309 e. The zero-order chi connectivity index (χ0) is 14.5. The van der Waals surface area contributed by atoms with Gasteiger partial charge < -0.3 is 14.7 Å². The number of thiazole rings is 1. The van der Waals surface area contributed by atoms with E-state index in [2.05, 4.69) is 4.98 Å². The van der Waals surface area contributed by atoms with Crippen LogP contribution in [0.1, 0.15) is 12.6 Å². The molecule has 0 aromatic carbocycles. The van der Waals surface area contributed by atoms with Crippen molar-refractivity contribution in [3.05, 3.63) is 11.1 Å². The van der Waals surface area contributed by atoms with Crippen LogP contribution in [0.15, 0.2) is 9.72 Å². The molecule has 20 heavy (non-hydrogen) atoms. The molecule has 8 heteroatoms. The molecule has 1 N–H and O–H groups in total. The van der Waals surface area contributed by atoms with E-state index in [1.807, 2.05) is 6.92 Å². The normalized spacial score (nSPS) is 16.9. The number of carbonyl (C=O) groups excluding carboxylic acids is 1. The van der Waals surface area contributed by atoms with Gasteiger partial charge in [-0.05, 0) is 6.92 Å². The Morgan fingerprint density at radius 2 is 2.25 bits per heavy atom. The van der Waals surface area contributed by atoms with Crippen molar-refractivity contribution in [2.45, 2.75) is 22.9 Å². The van der Waals surface area contributed by atoms with E-state index in [1.54, 1.807) is 10.3 Å². The SMILES string of the molecule is CC(Sc1nc(CC(=O)O)cs1)C(=O)N1CCOCC1. The number of carbonyl (C=O) groups is 2. The van der Waals surface area contributed by atoms with Gasteiger partial charge in [-0.3, -0.25) is 9.59 Å². The number of amides is 1. The number of rotatable bonds is 5. The Morgan fingerprint density at radius 1 is 1.55 bits per heavy atom. The fourth-order valence-corrected chi connectivity index (χ4v) is 3.89. The summed E-state index contributed by atoms with van der Waals surface area (Å²) in [4.78, 5) is 28.8. The third-order valence-corrected chi connectivity index (χ3v) is 4.92. The van der Waals surface area contributed by atoms with Crippen molar-refractivity contribution in [3.8, 4) is 0 Å². The van der Waals surface area contributed by atoms with Crippen LogP contribution in [0.4, 0.5) is 0 Å². The maximum atomic E-state index is 12.2. The van der Waals surface area contributed by atoms with Gasteiger partial charge in [-0.25, -0.2) is 4.98 Å². The van der Waals surface area contributed by atoms with Crippen LogP contribution >= 0.6 is 23.1 Å². The summed E-state index contributed by atoms with van der Waals surface area (Å²) in [5.74, 6) is -0.822. The van der Waals surface area contributed by atoms with Gasteiger partial charge in [0.2, 0.25) is 5.91 Å². The van der Waals surface area contributed by atoms with Crippen molar-refractivity contribution in [2.75, 3.05) is 26.3 Å². The van der Waals surface area contributed by atoms with Crippen LogP contribution in [0.5, 0.6) is 0 Å². The van der Waals surface area contributed by atoms with Gasteiger partial charge in [0.25, 0.3) is 0 Å². The lowest BCUT2D eigenvalue weighted by Gasteiger charge is -2.28. The van der Waals surface area contributed by atoms with Gasteiger partial charge in [0.05, 0.1) is 30.6 Å². The molecule has 1 atom stereocenters. The molecule has 1 saturated heterocycles. The van der Waals surface area contributed by atoms with Crippen molar-refractivity contribution in [1.82, 2.24) is 9.88 Å². The van der Waals surface area contributed by atoms with Crippen molar-refractivity contribution < 1.29 is 19.4 Å². The predicted octanol–water partition coefficient (Wildman–Crippen LogP) is 1.11. The molecule has 6 nitrogen and oxygen atoms in total. The van der Waals surface area contributed by atoms with Crippen LogP contribution < -0.4 is 0 Å². The average molecular weight is 316 g/mol. The Bertz CT molecular complexity index is 486. The van der Waals surface area contributed by atoms with E-state index in [9.17, 15) is 9.59 Å². The summed E-state index contributed by atoms with van der Waals surface area (Å²) in [7, 11) is 0. The lowest BCUT2D eigenvalue weighted by molar-refractivity contribution is -0.136. The Morgan fingerprint density at radius 3 is 2.90 bits per heavy atom. The third kappa shape index (κ3) is 4.19. The monoisotopic (exact) mass is 316 g/mol. The molecule has 1 amide bonds. The highest BCUT2D eigenvalue weighted by Crippen LogP contribution is 2.28. The number of morpholine rings is 1. The molecule has 0 spiro atoms. The maximum absolute atomic E-state index is 12.2. The molecule has 2 heterocycles. The highest BCUT2D eigenvalue weighted by atomic mass is 32.2. The molecule has 1 unspecified atom stereocenters. The molecule has 1 aliphatic heterocycles. The van der Waals surface area contributed by atoms with Crippen LogP contribution in [-0.4, -0.2) is 58.4 Å². The Labute approximate surface area is 125 Å². The van der Waals surface area contributed by atoms with Crippen molar-refractivity contribution in [1.29, 1.82) is 0 Å². The number of aliphatic carboxylic acids is 1. The minimum Gasteiger partial charge on any atom is -0.481 e. The average Bonchev–Trinajstić information content (AvgIpc) is 2.85. The fraction of sp³-hybridized carbons (Fsp3) is 0.583. The summed E-state index contributed by atoms with van der Waals surface area (Å²) < 4.78 is 5.95. The van der Waals surface area contributed by atoms with Crippen LogP contribution in [0.3, 0.4) is 0 Å². The van der Waals surface area contributed by atoms with E-state index in [0.717, 1.165) is 4.34 Å². The summed E-state index contributed by atoms with van der Waals surface area (Å²) >= 11 is 2.75. The summed E-state index contributed by atoms with van der Waals surface area (Å²) in [5, 5.41) is 10.2. The number of aromatic nitrogens is 1. The second-order valence-corrected chi connectivity index (χ2v) is 6.82. The first-order chi connectivity index (χ1) is 9.56. The molecule has 1 aromatic heterocycles. The molecule has 2 rings (SSSR count). The van der Waals surface area contributed by atoms with Gasteiger partial charge in [-0.2, -0.15) is 0 Å². The van der Waals surface area contributed by atoms with E-state index in [4.69, 9.17) is 9.84 Å². The van der Waals surface area contributed by atoms with E-state index < -0.39 is 5.97 Å². The number of thioether (sulfide) groups is 1. The Balaban J connectivity index is 1.89. The second kappa shape index (κ2) is 7.05. The fourth-order valence-electron chi connectivity index (χ4n) is 1.82. The standard InChI is InChI=1S/C12H16N2O4S2/c1-8(11(17)14-2-4-18-5-3-14)20-12-13-9(7-19-12)6-10(15)16/h7-8H,2-6H2,1H3,(H,15,16). The lowest BCUT2D eigenvalue weighted by Crippen LogP contribution is -2.44. The van der Waals surface area contributed by atoms with Gasteiger partial charge in [0, 0.05) is 18.5 Å². The highest BCUT2D eigenvalue weighted by molar-refractivity contribution is 8.02. The first-order valence-electron chi connectivity index (χ1n) is 6.25. The topological polar surface area (TPSA) is 79.7 Å². The number of nitrogens with zero attached hydrogens (tertiary/aromatic N) is 2. The molecule has 0 radical (unpaired) electrons. The van der Waals surface area contributed by atoms with Gasteiger partial charge >= 0.3 is 5.97 Å². The number of hydrogen-bond donors (Lipinski definition) is 1. The van der Waals surface area contributed by atoms with Crippen LogP contribution in [0.2, 0.25) is 0 Å². The zero-order valence-corrected chi connectivity index (χ0v) is 12.7. The van der Waals surface area contributed by atoms with Crippen molar-refractivity contribution in [2.24, 2.45) is 0 Å². The molecule has 110 valence electrons. The second-order valence-electron chi connectivity index (χ2n) is 4.37. The van der Waals surface area contributed by atoms with Gasteiger partial charge in [0.15, 0.2) is 4.34 Å². The first-order valence-corrected chi connectivity index (χ1v) is 8.01. The molecule has 0 saturated carbocycles. The Hall–Kier alpha value is -1.12. The van der Waals surface area contributed by atoms with Crippen LogP contribution in [-0.2, 0) is 20.7 Å². The third-order valence-electron chi connectivity index (χ3n) is 2.81. The Kier molecular flexibility index (Phi) is 5.38. The van der Waals surface area contributed by atoms with Gasteiger partial charge in [-0.15, -0.1) is 11.3 Å². The van der Waals surface area contributed by atoms with E-state index in [-0.39, 0.29) is 17.6 Å². The highest BCUT2D eigenvalue weighted by Gasteiger charge is 2.24. The molecule has 1 fully saturated rings. The minimum atomic E-state index is -0.899. The van der Waals surface area contributed by atoms with E-state index >= 15 is 0 Å². The summed E-state index contributed by atoms with van der Waals surface area (Å²) in [5.41, 5.74) is 0.538. The molecular formula is C12H16N2O4S2. The summed E-state index contributed by atoms with van der Waals surface area (Å²) in [6.07, 6.45) is -0.0805. The largest absolute Gasteiger partial charge is 0.481 e. The number of hydrogen-bond acceptors (Lipinski definition) is 6. The van der Waals surface area contributed by atoms with Crippen LogP contribution in [0.25, 0.3) is 0 Å².